The molecule has 1 aromatic rings. The first-order valence-electron chi connectivity index (χ1n) is 6.16. The van der Waals surface area contributed by atoms with E-state index in [1.165, 1.54) is 5.56 Å². The van der Waals surface area contributed by atoms with Crippen LogP contribution in [0.4, 0.5) is 0 Å². The van der Waals surface area contributed by atoms with Crippen LogP contribution in [0.25, 0.3) is 0 Å². The topological polar surface area (TPSA) is 6.48 Å². The molecule has 1 heterocycles. The summed E-state index contributed by atoms with van der Waals surface area (Å²) in [7, 11) is 0. The molecular weight excluding hydrogens is 441 g/mol. The van der Waals surface area contributed by atoms with Crippen LogP contribution in [0, 0.1) is 6.20 Å². The van der Waals surface area contributed by atoms with Gasteiger partial charge in [0.2, 0.25) is 0 Å². The van der Waals surface area contributed by atoms with Crippen LogP contribution >= 0.6 is 0 Å². The van der Waals surface area contributed by atoms with Crippen molar-refractivity contribution in [2.45, 2.75) is 39.3 Å². The van der Waals surface area contributed by atoms with Crippen molar-refractivity contribution in [2.75, 3.05) is 6.67 Å². The van der Waals surface area contributed by atoms with Crippen molar-refractivity contribution in [3.05, 3.63) is 48.3 Å². The molecule has 2 rings (SSSR count). The zero-order valence-electron chi connectivity index (χ0n) is 11.8. The van der Waals surface area contributed by atoms with Crippen molar-refractivity contribution in [1.82, 2.24) is 9.80 Å². The summed E-state index contributed by atoms with van der Waals surface area (Å²) in [6.07, 6.45) is 5.40. The van der Waals surface area contributed by atoms with E-state index in [1.807, 2.05) is 0 Å². The molecule has 1 aromatic carbocycles. The number of halogens is 1. The fraction of sp³-hybridized carbons (Fsp3) is 0.467. The first-order chi connectivity index (χ1) is 7.98. The third kappa shape index (κ3) is 4.57. The van der Waals surface area contributed by atoms with E-state index < -0.39 is 0 Å². The van der Waals surface area contributed by atoms with E-state index in [0.717, 1.165) is 6.67 Å². The van der Waals surface area contributed by atoms with Crippen LogP contribution in [-0.4, -0.2) is 22.0 Å². The molecule has 0 amide bonds. The van der Waals surface area contributed by atoms with Gasteiger partial charge in [-0.05, 0) is 33.3 Å². The Morgan fingerprint density at radius 2 is 1.79 bits per heavy atom. The fourth-order valence-corrected chi connectivity index (χ4v) is 1.95. The second-order valence-corrected chi connectivity index (χ2v) is 5.60. The Labute approximate surface area is 140 Å². The van der Waals surface area contributed by atoms with E-state index in [2.05, 4.69) is 80.2 Å². The van der Waals surface area contributed by atoms with Crippen molar-refractivity contribution < 1.29 is 36.2 Å². The van der Waals surface area contributed by atoms with Gasteiger partial charge in [0.25, 0.3) is 0 Å². The molecule has 0 N–H and O–H groups in total. The maximum absolute atomic E-state index is 3.33. The molecule has 1 atom stereocenters. The minimum atomic E-state index is 0. The van der Waals surface area contributed by atoms with E-state index in [-0.39, 0.29) is 41.8 Å². The smallest absolute Gasteiger partial charge is 1.00 e. The number of hydrogen-bond donors (Lipinski definition) is 0. The van der Waals surface area contributed by atoms with Crippen LogP contribution in [0.3, 0.4) is 0 Å². The van der Waals surface area contributed by atoms with E-state index >= 15 is 0 Å². The van der Waals surface area contributed by atoms with Gasteiger partial charge in [-0.3, -0.25) is 0 Å². The van der Waals surface area contributed by atoms with Crippen molar-refractivity contribution in [2.24, 2.45) is 0 Å². The molecule has 0 aromatic heterocycles. The van der Waals surface area contributed by atoms with Gasteiger partial charge in [-0.2, -0.15) is 0 Å². The van der Waals surface area contributed by atoms with Gasteiger partial charge in [-0.25, -0.2) is 0 Å². The van der Waals surface area contributed by atoms with Crippen LogP contribution in [0.5, 0.6) is 0 Å². The number of nitrogens with zero attached hydrogens (tertiary/aromatic N) is 2. The third-order valence-corrected chi connectivity index (χ3v) is 3.27. The van der Waals surface area contributed by atoms with Crippen LogP contribution in [0.15, 0.2) is 36.5 Å². The maximum atomic E-state index is 3.33. The molecule has 0 saturated carbocycles. The molecular formula is C15H23AuClN2. The standard InChI is InChI=1S/C15H21N2.Au.ClH.H2/c1-13(14-8-6-5-7-9-14)16-10-11-17(12-16)15(2,3)4;;;/h5-10,13H,12H2,1-4H3;;2*1H/q;+1;;/p-1/t13-;;;/m0.../s1. The molecule has 0 spiro atoms. The average Bonchev–Trinajstić information content (AvgIpc) is 2.78. The van der Waals surface area contributed by atoms with Crippen molar-refractivity contribution in [3.8, 4) is 0 Å². The van der Waals surface area contributed by atoms with Gasteiger partial charge in [0, 0.05) is 13.2 Å². The van der Waals surface area contributed by atoms with Crippen LogP contribution in [-0.2, 0) is 22.4 Å². The maximum Gasteiger partial charge on any atom is 1.00 e. The Morgan fingerprint density at radius 1 is 1.21 bits per heavy atom. The van der Waals surface area contributed by atoms with Gasteiger partial charge in [0.05, 0.1) is 18.9 Å². The third-order valence-electron chi connectivity index (χ3n) is 3.27. The van der Waals surface area contributed by atoms with Crippen LogP contribution < -0.4 is 12.4 Å². The molecule has 4 heteroatoms. The zero-order chi connectivity index (χ0) is 12.5. The Balaban J connectivity index is 0. The van der Waals surface area contributed by atoms with Gasteiger partial charge >= 0.3 is 22.4 Å². The zero-order valence-corrected chi connectivity index (χ0v) is 14.7. The van der Waals surface area contributed by atoms with Gasteiger partial charge in [-0.15, -0.1) is 0 Å². The number of rotatable bonds is 2. The normalized spacial score (nSPS) is 15.8. The Hall–Kier alpha value is -0.410. The number of hydrogen-bond acceptors (Lipinski definition) is 2. The van der Waals surface area contributed by atoms with Crippen LogP contribution in [0.1, 0.15) is 40.7 Å². The SMILES string of the molecule is C[C@@H](c1ccccc1)N1C=[C]N(C(C)(C)C)C1.[Au+].[Cl-].[HH]. The molecule has 1 radical (unpaired) electrons. The first-order valence-corrected chi connectivity index (χ1v) is 6.16. The van der Waals surface area contributed by atoms with E-state index in [9.17, 15) is 0 Å². The minimum Gasteiger partial charge on any atom is -1.00 e. The van der Waals surface area contributed by atoms with Gasteiger partial charge in [-0.1, -0.05) is 30.3 Å². The van der Waals surface area contributed by atoms with Gasteiger partial charge < -0.3 is 22.2 Å². The summed E-state index contributed by atoms with van der Waals surface area (Å²) in [6, 6.07) is 11.0. The van der Waals surface area contributed by atoms with E-state index in [4.69, 9.17) is 0 Å². The molecule has 0 fully saturated rings. The summed E-state index contributed by atoms with van der Waals surface area (Å²) < 4.78 is 0. The predicted octanol–water partition coefficient (Wildman–Crippen LogP) is 0.643. The Kier molecular flexibility index (Phi) is 7.23. The van der Waals surface area contributed by atoms with E-state index in [1.54, 1.807) is 0 Å². The molecule has 0 saturated heterocycles. The molecule has 0 aliphatic carbocycles. The summed E-state index contributed by atoms with van der Waals surface area (Å²) in [6.45, 7) is 9.79. The monoisotopic (exact) mass is 463 g/mol. The predicted molar refractivity (Wildman–Crippen MR) is 73.1 cm³/mol. The number of benzene rings is 1. The van der Waals surface area contributed by atoms with Crippen molar-refractivity contribution in [1.29, 1.82) is 0 Å². The Morgan fingerprint density at radius 3 is 2.26 bits per heavy atom. The van der Waals surface area contributed by atoms with E-state index in [0.29, 0.717) is 6.04 Å². The largest absolute Gasteiger partial charge is 1.00 e. The molecule has 0 bridgehead atoms. The molecule has 19 heavy (non-hydrogen) atoms. The average molecular weight is 464 g/mol. The molecule has 111 valence electrons. The summed E-state index contributed by atoms with van der Waals surface area (Å²) in [5.74, 6) is 0. The molecule has 2 nitrogen and oxygen atoms in total. The van der Waals surface area contributed by atoms with Gasteiger partial charge in [0.15, 0.2) is 0 Å². The minimum absolute atomic E-state index is 0. The van der Waals surface area contributed by atoms with Gasteiger partial charge in [0.1, 0.15) is 0 Å². The second kappa shape index (κ2) is 7.39. The quantitative estimate of drug-likeness (QED) is 0.594. The van der Waals surface area contributed by atoms with Crippen molar-refractivity contribution in [3.63, 3.8) is 0 Å². The summed E-state index contributed by atoms with van der Waals surface area (Å²) >= 11 is 0. The molecule has 1 aliphatic rings. The second-order valence-electron chi connectivity index (χ2n) is 5.60. The summed E-state index contributed by atoms with van der Waals surface area (Å²) in [5, 5.41) is 0. The summed E-state index contributed by atoms with van der Waals surface area (Å²) in [4.78, 5) is 4.56. The van der Waals surface area contributed by atoms with Crippen molar-refractivity contribution >= 4 is 0 Å². The Bertz CT molecular complexity index is 406. The fourth-order valence-electron chi connectivity index (χ4n) is 1.95. The first kappa shape index (κ1) is 18.6. The molecule has 0 unspecified atom stereocenters. The summed E-state index contributed by atoms with van der Waals surface area (Å²) in [5.41, 5.74) is 1.49. The molecule has 1 aliphatic heterocycles. The van der Waals surface area contributed by atoms with Crippen LogP contribution in [0.2, 0.25) is 0 Å².